The van der Waals surface area contributed by atoms with Gasteiger partial charge in [0.05, 0.1) is 0 Å². The first-order valence-corrected chi connectivity index (χ1v) is 7.21. The van der Waals surface area contributed by atoms with Crippen LogP contribution in [0.2, 0.25) is 0 Å². The molecule has 1 aromatic heterocycles. The molecule has 3 aromatic rings. The number of nitrogens with zero attached hydrogens (tertiary/aromatic N) is 1. The molecule has 2 aromatic carbocycles. The molecule has 0 saturated heterocycles. The summed E-state index contributed by atoms with van der Waals surface area (Å²) in [7, 11) is 0. The molecule has 3 rings (SSSR count). The molecule has 0 spiro atoms. The zero-order valence-corrected chi connectivity index (χ0v) is 10.9. The molecule has 1 nitrogen and oxygen atoms in total. The Morgan fingerprint density at radius 3 is 2.53 bits per heavy atom. The summed E-state index contributed by atoms with van der Waals surface area (Å²) in [6, 6.07) is 21.3. The van der Waals surface area contributed by atoms with Crippen molar-refractivity contribution in [1.29, 1.82) is 0 Å². The first kappa shape index (κ1) is 10.5. The Morgan fingerprint density at radius 1 is 0.765 bits per heavy atom. The predicted octanol–water partition coefficient (Wildman–Crippen LogP) is 1.89. The molecule has 0 amide bonds. The molecular formula is C15H11NSe. The predicted molar refractivity (Wildman–Crippen MR) is 73.2 cm³/mol. The summed E-state index contributed by atoms with van der Waals surface area (Å²) in [6.45, 7) is 0. The third kappa shape index (κ3) is 2.38. The maximum atomic E-state index is 4.34. The number of fused-ring (bicyclic) bond motifs is 1. The second-order valence-electron chi connectivity index (χ2n) is 3.77. The van der Waals surface area contributed by atoms with Gasteiger partial charge in [-0.2, -0.15) is 0 Å². The van der Waals surface area contributed by atoms with Crippen LogP contribution in [0.4, 0.5) is 0 Å². The van der Waals surface area contributed by atoms with Crippen LogP contribution in [0.15, 0.2) is 66.9 Å². The Hall–Kier alpha value is -1.63. The molecule has 0 unspecified atom stereocenters. The normalized spacial score (nSPS) is 10.6. The average molecular weight is 284 g/mol. The summed E-state index contributed by atoms with van der Waals surface area (Å²) >= 11 is 0.380. The fraction of sp³-hybridized carbons (Fsp3) is 0. The molecule has 17 heavy (non-hydrogen) atoms. The van der Waals surface area contributed by atoms with Crippen LogP contribution in [-0.2, 0) is 0 Å². The van der Waals surface area contributed by atoms with E-state index in [1.807, 2.05) is 12.3 Å². The van der Waals surface area contributed by atoms with Crippen molar-refractivity contribution in [3.63, 3.8) is 0 Å². The molecule has 0 fully saturated rings. The van der Waals surface area contributed by atoms with Crippen LogP contribution in [0, 0.1) is 0 Å². The Kier molecular flexibility index (Phi) is 2.91. The second-order valence-corrected chi connectivity index (χ2v) is 6.18. The van der Waals surface area contributed by atoms with Crippen LogP contribution in [0.25, 0.3) is 10.9 Å². The van der Waals surface area contributed by atoms with Gasteiger partial charge in [-0.25, -0.2) is 0 Å². The molecule has 0 bridgehead atoms. The molecule has 0 atom stereocenters. The topological polar surface area (TPSA) is 12.9 Å². The van der Waals surface area contributed by atoms with Gasteiger partial charge < -0.3 is 0 Å². The Bertz CT molecular complexity index is 635. The fourth-order valence-electron chi connectivity index (χ4n) is 1.74. The zero-order chi connectivity index (χ0) is 11.5. The van der Waals surface area contributed by atoms with E-state index in [1.54, 1.807) is 0 Å². The Morgan fingerprint density at radius 2 is 1.65 bits per heavy atom. The van der Waals surface area contributed by atoms with E-state index in [1.165, 1.54) is 14.3 Å². The van der Waals surface area contributed by atoms with Gasteiger partial charge >= 0.3 is 107 Å². The number of rotatable bonds is 2. The summed E-state index contributed by atoms with van der Waals surface area (Å²) in [5.41, 5.74) is 1.07. The average Bonchev–Trinajstić information content (AvgIpc) is 2.40. The molecule has 2 heteroatoms. The molecule has 0 radical (unpaired) electrons. The van der Waals surface area contributed by atoms with Crippen molar-refractivity contribution in [2.45, 2.75) is 0 Å². The van der Waals surface area contributed by atoms with Crippen LogP contribution in [0.1, 0.15) is 0 Å². The Labute approximate surface area is 107 Å². The first-order valence-electron chi connectivity index (χ1n) is 5.49. The number of benzene rings is 2. The zero-order valence-electron chi connectivity index (χ0n) is 9.21. The van der Waals surface area contributed by atoms with Gasteiger partial charge in [0.25, 0.3) is 0 Å². The van der Waals surface area contributed by atoms with E-state index in [0.29, 0.717) is 15.0 Å². The molecule has 0 aliphatic rings. The van der Waals surface area contributed by atoms with E-state index < -0.39 is 0 Å². The van der Waals surface area contributed by atoms with Crippen molar-refractivity contribution in [1.82, 2.24) is 4.98 Å². The molecule has 0 N–H and O–H groups in total. The van der Waals surface area contributed by atoms with Crippen molar-refractivity contribution >= 4 is 34.8 Å². The van der Waals surface area contributed by atoms with Crippen LogP contribution in [-0.4, -0.2) is 19.9 Å². The van der Waals surface area contributed by atoms with Crippen molar-refractivity contribution in [3.8, 4) is 0 Å². The van der Waals surface area contributed by atoms with Gasteiger partial charge in [-0.3, -0.25) is 0 Å². The number of hydrogen-bond donors (Lipinski definition) is 0. The van der Waals surface area contributed by atoms with Crippen molar-refractivity contribution in [3.05, 3.63) is 66.9 Å². The third-order valence-corrected chi connectivity index (χ3v) is 4.65. The van der Waals surface area contributed by atoms with Crippen LogP contribution < -0.4 is 8.92 Å². The molecule has 1 heterocycles. The summed E-state index contributed by atoms with van der Waals surface area (Å²) in [6.07, 6.45) is 1.84. The van der Waals surface area contributed by atoms with E-state index in [0.717, 1.165) is 5.52 Å². The standard InChI is InChI=1S/C15H11NSe/c1-2-6-13(7-3-1)17-14-8-9-15-12(11-14)5-4-10-16-15/h1-11H. The maximum absolute atomic E-state index is 4.34. The van der Waals surface area contributed by atoms with E-state index in [-0.39, 0.29) is 0 Å². The van der Waals surface area contributed by atoms with Crippen molar-refractivity contribution in [2.24, 2.45) is 0 Å². The third-order valence-electron chi connectivity index (χ3n) is 2.55. The van der Waals surface area contributed by atoms with Gasteiger partial charge in [0, 0.05) is 0 Å². The quantitative estimate of drug-likeness (QED) is 0.655. The SMILES string of the molecule is c1ccc([Se]c2ccc3ncccc3c2)cc1. The van der Waals surface area contributed by atoms with Crippen LogP contribution in [0.3, 0.4) is 0 Å². The summed E-state index contributed by atoms with van der Waals surface area (Å²) in [5.74, 6) is 0. The van der Waals surface area contributed by atoms with Gasteiger partial charge in [0.1, 0.15) is 0 Å². The van der Waals surface area contributed by atoms with Crippen LogP contribution in [0.5, 0.6) is 0 Å². The number of pyridine rings is 1. The molecule has 82 valence electrons. The van der Waals surface area contributed by atoms with Crippen molar-refractivity contribution < 1.29 is 0 Å². The fourth-order valence-corrected chi connectivity index (χ4v) is 3.60. The van der Waals surface area contributed by atoms with Gasteiger partial charge in [-0.1, -0.05) is 0 Å². The van der Waals surface area contributed by atoms with E-state index in [4.69, 9.17) is 0 Å². The molecular weight excluding hydrogens is 273 g/mol. The van der Waals surface area contributed by atoms with Crippen LogP contribution >= 0.6 is 0 Å². The van der Waals surface area contributed by atoms with E-state index in [9.17, 15) is 0 Å². The minimum absolute atomic E-state index is 0.380. The van der Waals surface area contributed by atoms with E-state index in [2.05, 4.69) is 59.6 Å². The molecule has 0 aliphatic heterocycles. The van der Waals surface area contributed by atoms with Crippen molar-refractivity contribution in [2.75, 3.05) is 0 Å². The Balaban J connectivity index is 1.96. The molecule has 0 aliphatic carbocycles. The monoisotopic (exact) mass is 285 g/mol. The van der Waals surface area contributed by atoms with Gasteiger partial charge in [-0.05, 0) is 0 Å². The van der Waals surface area contributed by atoms with Gasteiger partial charge in [-0.15, -0.1) is 0 Å². The summed E-state index contributed by atoms with van der Waals surface area (Å²) in [5, 5.41) is 1.22. The van der Waals surface area contributed by atoms with Gasteiger partial charge in [0.2, 0.25) is 0 Å². The second kappa shape index (κ2) is 4.70. The number of hydrogen-bond acceptors (Lipinski definition) is 1. The minimum atomic E-state index is 0.380. The molecule has 0 saturated carbocycles. The first-order chi connectivity index (χ1) is 8.42. The van der Waals surface area contributed by atoms with Gasteiger partial charge in [0.15, 0.2) is 0 Å². The van der Waals surface area contributed by atoms with E-state index >= 15 is 0 Å². The summed E-state index contributed by atoms with van der Waals surface area (Å²) in [4.78, 5) is 4.34. The number of aromatic nitrogens is 1. The summed E-state index contributed by atoms with van der Waals surface area (Å²) < 4.78 is 2.80.